The first-order valence-electron chi connectivity index (χ1n) is 9.41. The summed E-state index contributed by atoms with van der Waals surface area (Å²) in [5.41, 5.74) is 6.62. The van der Waals surface area contributed by atoms with Gasteiger partial charge in [-0.2, -0.15) is 0 Å². The number of aromatic nitrogens is 2. The van der Waals surface area contributed by atoms with Crippen LogP contribution in [0.4, 0.5) is 0 Å². The Bertz CT molecular complexity index is 1060. The van der Waals surface area contributed by atoms with Crippen molar-refractivity contribution >= 4 is 35.1 Å². The van der Waals surface area contributed by atoms with Gasteiger partial charge in [-0.15, -0.1) is 0 Å². The van der Waals surface area contributed by atoms with E-state index in [9.17, 15) is 0 Å². The first-order valence-corrected chi connectivity index (χ1v) is 9.41. The van der Waals surface area contributed by atoms with Crippen molar-refractivity contribution in [3.05, 3.63) is 107 Å². The molecule has 4 aromatic rings. The van der Waals surface area contributed by atoms with Crippen LogP contribution in [0.1, 0.15) is 33.6 Å². The quantitative estimate of drug-likeness (QED) is 0.409. The summed E-state index contributed by atoms with van der Waals surface area (Å²) in [5.74, 6) is 0. The number of nitrogens with zero attached hydrogens (tertiary/aromatic N) is 2. The third kappa shape index (κ3) is 4.41. The third-order valence-electron chi connectivity index (χ3n) is 4.65. The van der Waals surface area contributed by atoms with E-state index in [0.717, 1.165) is 11.4 Å². The van der Waals surface area contributed by atoms with Crippen molar-refractivity contribution in [2.75, 3.05) is 0 Å². The molecule has 0 aliphatic carbocycles. The average molecular weight is 362 g/mol. The minimum absolute atomic E-state index is 0.968. The average Bonchev–Trinajstić information content (AvgIpc) is 2.73. The second-order valence-corrected chi connectivity index (χ2v) is 7.05. The number of pyridine rings is 2. The third-order valence-corrected chi connectivity index (χ3v) is 4.65. The highest BCUT2D eigenvalue weighted by Crippen LogP contribution is 2.20. The molecule has 0 aliphatic rings. The Morgan fingerprint density at radius 2 is 1.00 bits per heavy atom. The molecule has 2 aromatic carbocycles. The molecule has 28 heavy (non-hydrogen) atoms. The molecule has 0 saturated heterocycles. The predicted molar refractivity (Wildman–Crippen MR) is 120 cm³/mol. The monoisotopic (exact) mass is 362 g/mol. The summed E-state index contributed by atoms with van der Waals surface area (Å²) in [6, 6.07) is 21.2. The Kier molecular flexibility index (Phi) is 5.11. The van der Waals surface area contributed by atoms with Gasteiger partial charge < -0.3 is 0 Å². The molecule has 0 amide bonds. The highest BCUT2D eigenvalue weighted by Gasteiger charge is 1.97. The van der Waals surface area contributed by atoms with Gasteiger partial charge in [-0.25, -0.2) is 0 Å². The van der Waals surface area contributed by atoms with Crippen LogP contribution in [-0.4, -0.2) is 9.97 Å². The van der Waals surface area contributed by atoms with Crippen molar-refractivity contribution < 1.29 is 0 Å². The van der Waals surface area contributed by atoms with Crippen LogP contribution in [0.25, 0.3) is 35.1 Å². The van der Waals surface area contributed by atoms with Crippen LogP contribution in [0.2, 0.25) is 0 Å². The van der Waals surface area contributed by atoms with Crippen LogP contribution in [-0.2, 0) is 0 Å². The van der Waals surface area contributed by atoms with E-state index < -0.39 is 0 Å². The van der Waals surface area contributed by atoms with Crippen molar-refractivity contribution in [1.82, 2.24) is 9.97 Å². The van der Waals surface area contributed by atoms with Gasteiger partial charge in [0.05, 0.1) is 11.4 Å². The Balaban J connectivity index is 1.53. The van der Waals surface area contributed by atoms with Crippen molar-refractivity contribution in [3.8, 4) is 0 Å². The summed E-state index contributed by atoms with van der Waals surface area (Å²) in [7, 11) is 0. The molecule has 2 heterocycles. The minimum Gasteiger partial charge on any atom is -0.257 e. The fourth-order valence-corrected chi connectivity index (χ4v) is 3.01. The molecule has 136 valence electrons. The second-order valence-electron chi connectivity index (χ2n) is 7.05. The number of aryl methyl sites for hydroxylation is 2. The molecule has 2 nitrogen and oxygen atoms in total. The van der Waals surface area contributed by atoms with E-state index in [1.54, 1.807) is 0 Å². The summed E-state index contributed by atoms with van der Waals surface area (Å²) in [6.07, 6.45) is 12.1. The number of benzene rings is 2. The van der Waals surface area contributed by atoms with Crippen LogP contribution in [0, 0.1) is 13.8 Å². The predicted octanol–water partition coefficient (Wildman–Crippen LogP) is 6.59. The van der Waals surface area contributed by atoms with Gasteiger partial charge in [-0.3, -0.25) is 9.97 Å². The lowest BCUT2D eigenvalue weighted by Crippen LogP contribution is -1.82. The fraction of sp³-hybridized carbons (Fsp3) is 0.0769. The van der Waals surface area contributed by atoms with Crippen molar-refractivity contribution in [2.45, 2.75) is 13.8 Å². The maximum absolute atomic E-state index is 4.42. The molecular weight excluding hydrogens is 340 g/mol. The molecule has 0 radical (unpaired) electrons. The highest BCUT2D eigenvalue weighted by atomic mass is 14.7. The molecule has 0 fully saturated rings. The van der Waals surface area contributed by atoms with Gasteiger partial charge in [0.15, 0.2) is 0 Å². The van der Waals surface area contributed by atoms with Crippen LogP contribution in [0.15, 0.2) is 73.1 Å². The maximum atomic E-state index is 4.42. The number of hydrogen-bond acceptors (Lipinski definition) is 2. The van der Waals surface area contributed by atoms with Crippen LogP contribution in [0.3, 0.4) is 0 Å². The molecular formula is C26H22N2. The van der Waals surface area contributed by atoms with E-state index in [-0.39, 0.29) is 0 Å². The van der Waals surface area contributed by atoms with Crippen molar-refractivity contribution in [2.24, 2.45) is 0 Å². The van der Waals surface area contributed by atoms with Crippen LogP contribution < -0.4 is 0 Å². The van der Waals surface area contributed by atoms with Crippen LogP contribution >= 0.6 is 0 Å². The normalized spacial score (nSPS) is 11.6. The number of fused-ring (bicyclic) bond motifs is 1. The zero-order valence-electron chi connectivity index (χ0n) is 16.1. The van der Waals surface area contributed by atoms with Crippen molar-refractivity contribution in [3.63, 3.8) is 0 Å². The molecule has 0 spiro atoms. The van der Waals surface area contributed by atoms with E-state index >= 15 is 0 Å². The maximum Gasteiger partial charge on any atom is 0.0630 e. The van der Waals surface area contributed by atoms with Gasteiger partial charge in [0, 0.05) is 12.4 Å². The Labute approximate surface area is 165 Å². The lowest BCUT2D eigenvalue weighted by Gasteiger charge is -2.02. The van der Waals surface area contributed by atoms with E-state index in [4.69, 9.17) is 0 Å². The molecule has 4 rings (SSSR count). The summed E-state index contributed by atoms with van der Waals surface area (Å²) < 4.78 is 0. The Hall–Kier alpha value is -3.52. The topological polar surface area (TPSA) is 25.8 Å². The molecule has 0 bridgehead atoms. The van der Waals surface area contributed by atoms with E-state index in [0.29, 0.717) is 0 Å². The highest BCUT2D eigenvalue weighted by molar-refractivity contribution is 5.88. The summed E-state index contributed by atoms with van der Waals surface area (Å²) in [6.45, 7) is 4.09. The van der Waals surface area contributed by atoms with E-state index in [1.165, 1.54) is 33.0 Å². The summed E-state index contributed by atoms with van der Waals surface area (Å²) in [5, 5.41) is 2.45. The van der Waals surface area contributed by atoms with E-state index in [2.05, 4.69) is 70.7 Å². The molecule has 0 atom stereocenters. The standard InChI is InChI=1S/C26H22N2/c1-19-3-11-25(27-17-19)13-7-21-5-9-24-16-22(6-10-23(24)15-21)8-14-26-12-4-20(2)18-28-26/h3-18H,1-2H3/b13-7+,14-8+. The number of hydrogen-bond donors (Lipinski definition) is 0. The second kappa shape index (κ2) is 8.01. The first-order chi connectivity index (χ1) is 13.7. The number of rotatable bonds is 4. The van der Waals surface area contributed by atoms with Gasteiger partial charge in [-0.1, -0.05) is 48.6 Å². The zero-order valence-corrected chi connectivity index (χ0v) is 16.1. The summed E-state index contributed by atoms with van der Waals surface area (Å²) >= 11 is 0. The van der Waals surface area contributed by atoms with Gasteiger partial charge in [0.2, 0.25) is 0 Å². The molecule has 2 heteroatoms. The largest absolute Gasteiger partial charge is 0.257 e. The van der Waals surface area contributed by atoms with Gasteiger partial charge in [-0.05, 0) is 83.3 Å². The van der Waals surface area contributed by atoms with Gasteiger partial charge in [0.25, 0.3) is 0 Å². The molecule has 0 unspecified atom stereocenters. The molecule has 0 saturated carbocycles. The van der Waals surface area contributed by atoms with Gasteiger partial charge in [0.1, 0.15) is 0 Å². The van der Waals surface area contributed by atoms with Crippen molar-refractivity contribution in [1.29, 1.82) is 0 Å². The SMILES string of the molecule is Cc1ccc(/C=C/c2ccc3cc(/C=C/c4ccc(C)cn4)ccc3c2)nc1. The lowest BCUT2D eigenvalue weighted by atomic mass is 10.0. The van der Waals surface area contributed by atoms with Crippen LogP contribution in [0.5, 0.6) is 0 Å². The Morgan fingerprint density at radius 1 is 0.536 bits per heavy atom. The Morgan fingerprint density at radius 3 is 1.39 bits per heavy atom. The van der Waals surface area contributed by atoms with Gasteiger partial charge >= 0.3 is 0 Å². The minimum atomic E-state index is 0.968. The lowest BCUT2D eigenvalue weighted by molar-refractivity contribution is 1.25. The first kappa shape index (κ1) is 17.9. The van der Waals surface area contributed by atoms with E-state index in [1.807, 2.05) is 50.5 Å². The smallest absolute Gasteiger partial charge is 0.0630 e. The fourth-order valence-electron chi connectivity index (χ4n) is 3.01. The zero-order chi connectivity index (χ0) is 19.3. The molecule has 2 aromatic heterocycles. The molecule has 0 aliphatic heterocycles. The molecule has 0 N–H and O–H groups in total. The summed E-state index contributed by atoms with van der Waals surface area (Å²) in [4.78, 5) is 8.84.